The number of guanidine groups is 1. The standard InChI is InChI=1S/C16H28N4O2S.HI/c1-5-17-15(18-10-14-12(2)20-13(3)23-14)19-11-16(21-4)6-8-22-9-7-16;/h5-11H2,1-4H3,(H2,17,18,19);1H. The maximum absolute atomic E-state index is 5.76. The summed E-state index contributed by atoms with van der Waals surface area (Å²) >= 11 is 1.71. The zero-order valence-electron chi connectivity index (χ0n) is 15.0. The lowest BCUT2D eigenvalue weighted by Crippen LogP contribution is -2.50. The predicted octanol–water partition coefficient (Wildman–Crippen LogP) is 2.63. The summed E-state index contributed by atoms with van der Waals surface area (Å²) in [5, 5.41) is 7.81. The lowest BCUT2D eigenvalue weighted by atomic mass is 9.94. The molecule has 0 unspecified atom stereocenters. The summed E-state index contributed by atoms with van der Waals surface area (Å²) in [6.45, 7) is 9.86. The predicted molar refractivity (Wildman–Crippen MR) is 110 cm³/mol. The Hall–Kier alpha value is -0.450. The molecule has 6 nitrogen and oxygen atoms in total. The monoisotopic (exact) mass is 468 g/mol. The van der Waals surface area contributed by atoms with E-state index in [1.165, 1.54) is 4.88 Å². The molecular weight excluding hydrogens is 439 g/mol. The van der Waals surface area contributed by atoms with Crippen molar-refractivity contribution in [2.75, 3.05) is 33.4 Å². The first-order chi connectivity index (χ1) is 11.1. The largest absolute Gasteiger partial charge is 0.381 e. The van der Waals surface area contributed by atoms with Gasteiger partial charge in [-0.05, 0) is 20.8 Å². The van der Waals surface area contributed by atoms with Gasteiger partial charge in [0.1, 0.15) is 0 Å². The van der Waals surface area contributed by atoms with Gasteiger partial charge >= 0.3 is 0 Å². The van der Waals surface area contributed by atoms with Gasteiger partial charge in [-0.3, -0.25) is 0 Å². The fourth-order valence-electron chi connectivity index (χ4n) is 2.65. The van der Waals surface area contributed by atoms with Crippen LogP contribution in [0.4, 0.5) is 0 Å². The Morgan fingerprint density at radius 3 is 2.58 bits per heavy atom. The Balaban J connectivity index is 0.00000288. The third-order valence-corrected chi connectivity index (χ3v) is 5.20. The van der Waals surface area contributed by atoms with Crippen LogP contribution in [0.25, 0.3) is 0 Å². The van der Waals surface area contributed by atoms with Crippen LogP contribution in [-0.2, 0) is 16.0 Å². The second-order valence-corrected chi connectivity index (χ2v) is 7.08. The summed E-state index contributed by atoms with van der Waals surface area (Å²) in [6, 6.07) is 0. The number of aryl methyl sites for hydroxylation is 2. The highest BCUT2D eigenvalue weighted by Gasteiger charge is 2.32. The zero-order valence-corrected chi connectivity index (χ0v) is 18.1. The molecule has 0 spiro atoms. The number of rotatable bonds is 6. The minimum atomic E-state index is -0.161. The summed E-state index contributed by atoms with van der Waals surface area (Å²) in [6.07, 6.45) is 1.81. The number of nitrogens with zero attached hydrogens (tertiary/aromatic N) is 2. The Kier molecular flexibility index (Phi) is 9.47. The van der Waals surface area contributed by atoms with E-state index >= 15 is 0 Å². The quantitative estimate of drug-likeness (QED) is 0.382. The first kappa shape index (κ1) is 21.6. The van der Waals surface area contributed by atoms with Crippen LogP contribution in [0.15, 0.2) is 4.99 Å². The maximum atomic E-state index is 5.76. The Labute approximate surface area is 165 Å². The highest BCUT2D eigenvalue weighted by molar-refractivity contribution is 14.0. The van der Waals surface area contributed by atoms with Crippen LogP contribution in [0.2, 0.25) is 0 Å². The van der Waals surface area contributed by atoms with Crippen molar-refractivity contribution in [3.8, 4) is 0 Å². The number of halogens is 1. The van der Waals surface area contributed by atoms with Crippen molar-refractivity contribution >= 4 is 41.3 Å². The molecule has 1 fully saturated rings. The molecule has 0 bridgehead atoms. The third-order valence-electron chi connectivity index (χ3n) is 4.14. The topological polar surface area (TPSA) is 67.8 Å². The van der Waals surface area contributed by atoms with Gasteiger partial charge in [-0.1, -0.05) is 0 Å². The molecule has 2 N–H and O–H groups in total. The van der Waals surface area contributed by atoms with Crippen molar-refractivity contribution in [3.05, 3.63) is 15.6 Å². The van der Waals surface area contributed by atoms with E-state index in [0.717, 1.165) is 55.8 Å². The minimum Gasteiger partial charge on any atom is -0.381 e. The molecule has 0 aromatic carbocycles. The summed E-state index contributed by atoms with van der Waals surface area (Å²) in [5.74, 6) is 0.820. The van der Waals surface area contributed by atoms with Gasteiger partial charge in [-0.25, -0.2) is 9.98 Å². The Bertz CT molecular complexity index is 530. The second kappa shape index (κ2) is 10.5. The van der Waals surface area contributed by atoms with Crippen LogP contribution in [-0.4, -0.2) is 50.0 Å². The maximum Gasteiger partial charge on any atom is 0.191 e. The third kappa shape index (κ3) is 6.12. The Morgan fingerprint density at radius 1 is 1.33 bits per heavy atom. The Morgan fingerprint density at radius 2 is 2.04 bits per heavy atom. The molecule has 2 heterocycles. The van der Waals surface area contributed by atoms with Gasteiger partial charge in [0.2, 0.25) is 0 Å². The van der Waals surface area contributed by atoms with E-state index in [1.54, 1.807) is 18.4 Å². The van der Waals surface area contributed by atoms with Gasteiger partial charge in [-0.2, -0.15) is 0 Å². The zero-order chi connectivity index (χ0) is 16.7. The van der Waals surface area contributed by atoms with Gasteiger partial charge in [0.25, 0.3) is 0 Å². The fraction of sp³-hybridized carbons (Fsp3) is 0.750. The van der Waals surface area contributed by atoms with E-state index in [9.17, 15) is 0 Å². The number of hydrogen-bond donors (Lipinski definition) is 2. The van der Waals surface area contributed by atoms with E-state index < -0.39 is 0 Å². The normalized spacial score (nSPS) is 17.2. The van der Waals surface area contributed by atoms with E-state index in [4.69, 9.17) is 9.47 Å². The molecule has 1 aromatic heterocycles. The number of thiazole rings is 1. The van der Waals surface area contributed by atoms with Crippen LogP contribution in [0.3, 0.4) is 0 Å². The molecule has 8 heteroatoms. The number of aromatic nitrogens is 1. The van der Waals surface area contributed by atoms with E-state index in [0.29, 0.717) is 6.54 Å². The van der Waals surface area contributed by atoms with Crippen molar-refractivity contribution in [2.45, 2.75) is 45.8 Å². The van der Waals surface area contributed by atoms with Crippen molar-refractivity contribution in [3.63, 3.8) is 0 Å². The average molecular weight is 468 g/mol. The SMILES string of the molecule is CCNC(=NCc1sc(C)nc1C)NCC1(OC)CCOCC1.I. The molecule has 0 saturated carbocycles. The minimum absolute atomic E-state index is 0. The lowest BCUT2D eigenvalue weighted by molar-refractivity contribution is -0.0855. The molecule has 0 radical (unpaired) electrons. The highest BCUT2D eigenvalue weighted by atomic mass is 127. The molecule has 24 heavy (non-hydrogen) atoms. The van der Waals surface area contributed by atoms with Crippen molar-refractivity contribution < 1.29 is 9.47 Å². The molecule has 1 saturated heterocycles. The van der Waals surface area contributed by atoms with E-state index in [-0.39, 0.29) is 29.6 Å². The number of ether oxygens (including phenoxy) is 2. The smallest absolute Gasteiger partial charge is 0.191 e. The number of nitrogens with one attached hydrogen (secondary N) is 2. The average Bonchev–Trinajstić information content (AvgIpc) is 2.88. The molecule has 0 amide bonds. The van der Waals surface area contributed by atoms with Crippen LogP contribution >= 0.6 is 35.3 Å². The van der Waals surface area contributed by atoms with Crippen LogP contribution in [0.1, 0.15) is 35.3 Å². The van der Waals surface area contributed by atoms with Gasteiger partial charge in [0.15, 0.2) is 5.96 Å². The van der Waals surface area contributed by atoms with Crippen molar-refractivity contribution in [1.29, 1.82) is 0 Å². The fourth-order valence-corrected chi connectivity index (χ4v) is 3.52. The van der Waals surface area contributed by atoms with Crippen LogP contribution < -0.4 is 10.6 Å². The van der Waals surface area contributed by atoms with E-state index in [1.807, 2.05) is 13.8 Å². The second-order valence-electron chi connectivity index (χ2n) is 5.79. The number of hydrogen-bond acceptors (Lipinski definition) is 5. The van der Waals surface area contributed by atoms with Gasteiger partial charge in [0.05, 0.1) is 22.8 Å². The van der Waals surface area contributed by atoms with Gasteiger partial charge < -0.3 is 20.1 Å². The number of aliphatic imine (C=N–C) groups is 1. The summed E-state index contributed by atoms with van der Waals surface area (Å²) in [7, 11) is 1.78. The first-order valence-electron chi connectivity index (χ1n) is 8.16. The molecule has 0 aliphatic carbocycles. The number of methoxy groups -OCH3 is 1. The van der Waals surface area contributed by atoms with Crippen LogP contribution in [0, 0.1) is 13.8 Å². The highest BCUT2D eigenvalue weighted by Crippen LogP contribution is 2.23. The first-order valence-corrected chi connectivity index (χ1v) is 8.98. The molecule has 0 atom stereocenters. The van der Waals surface area contributed by atoms with E-state index in [2.05, 4.69) is 27.5 Å². The van der Waals surface area contributed by atoms with Gasteiger partial charge in [-0.15, -0.1) is 35.3 Å². The molecule has 1 aliphatic rings. The summed E-state index contributed by atoms with van der Waals surface area (Å²) in [4.78, 5) is 10.4. The molecule has 138 valence electrons. The lowest BCUT2D eigenvalue weighted by Gasteiger charge is -2.36. The summed E-state index contributed by atoms with van der Waals surface area (Å²) < 4.78 is 11.2. The molecular formula is C16H29IN4O2S. The molecule has 1 aliphatic heterocycles. The summed E-state index contributed by atoms with van der Waals surface area (Å²) in [5.41, 5.74) is 0.913. The van der Waals surface area contributed by atoms with Gasteiger partial charge in [0, 0.05) is 51.1 Å². The molecule has 2 rings (SSSR count). The van der Waals surface area contributed by atoms with Crippen molar-refractivity contribution in [1.82, 2.24) is 15.6 Å². The molecule has 1 aromatic rings. The van der Waals surface area contributed by atoms with Crippen molar-refractivity contribution in [2.24, 2.45) is 4.99 Å². The van der Waals surface area contributed by atoms with Crippen LogP contribution in [0.5, 0.6) is 0 Å².